The highest BCUT2D eigenvalue weighted by molar-refractivity contribution is 6.23. The molecule has 0 atom stereocenters. The van der Waals surface area contributed by atoms with Crippen molar-refractivity contribution < 1.29 is 11.0 Å². The lowest BCUT2D eigenvalue weighted by atomic mass is 10.0. The van der Waals surface area contributed by atoms with E-state index in [9.17, 15) is 8.22 Å². The Morgan fingerprint density at radius 3 is 1.43 bits per heavy atom. The molecule has 11 aromatic rings. The molecule has 0 aliphatic carbocycles. The van der Waals surface area contributed by atoms with Crippen molar-refractivity contribution in [1.82, 2.24) is 24.1 Å². The van der Waals surface area contributed by atoms with Gasteiger partial charge in [0, 0.05) is 38.4 Å². The Hall–Kier alpha value is -7.63. The summed E-state index contributed by atoms with van der Waals surface area (Å²) in [5, 5.41) is 0.500. The fraction of sp³-hybridized carbons (Fsp3) is 0. The minimum Gasteiger partial charge on any atom is -0.307 e. The van der Waals surface area contributed by atoms with Crippen molar-refractivity contribution in [2.45, 2.75) is 0 Å². The lowest BCUT2D eigenvalue weighted by Crippen LogP contribution is -2.07. The van der Waals surface area contributed by atoms with Gasteiger partial charge in [0.05, 0.1) is 33.0 Å². The van der Waals surface area contributed by atoms with Crippen LogP contribution in [0.3, 0.4) is 0 Å². The van der Waals surface area contributed by atoms with Crippen molar-refractivity contribution in [2.24, 2.45) is 0 Å². The Labute approximate surface area is 334 Å². The summed E-state index contributed by atoms with van der Waals surface area (Å²) < 4.78 is 77.7. The average Bonchev–Trinajstić information content (AvgIpc) is 3.89. The van der Waals surface area contributed by atoms with Crippen LogP contribution in [-0.2, 0) is 0 Å². The van der Waals surface area contributed by atoms with Crippen molar-refractivity contribution >= 4 is 43.6 Å². The number of aromatic nitrogens is 5. The van der Waals surface area contributed by atoms with Crippen molar-refractivity contribution in [3.8, 4) is 56.7 Å². The number of fused-ring (bicyclic) bond motifs is 7. The van der Waals surface area contributed by atoms with E-state index < -0.39 is 0 Å². The predicted octanol–water partition coefficient (Wildman–Crippen LogP) is 12.7. The standard InChI is InChI=1S/C51H33N5/c1-4-15-34(16-5-1)36-27-29-38(30-28-36)50-52-49(37-19-8-3-9-20-37)53-51(54-50)56-46-26-13-11-24-42(46)44-32-31-43-41-23-10-12-25-45(41)55(47(43)48(44)56)40-22-14-21-39(33-40)35-17-6-2-7-18-35/h1-33H/i10D,11D,23D,24D,25D,26D,31D,32D. The first-order chi connectivity index (χ1) is 31.1. The fourth-order valence-electron chi connectivity index (χ4n) is 7.57. The topological polar surface area (TPSA) is 48.5 Å². The van der Waals surface area contributed by atoms with Gasteiger partial charge in [0.1, 0.15) is 0 Å². The van der Waals surface area contributed by atoms with Crippen LogP contribution in [-0.4, -0.2) is 24.1 Å². The highest BCUT2D eigenvalue weighted by Gasteiger charge is 2.23. The van der Waals surface area contributed by atoms with Gasteiger partial charge in [-0.25, -0.2) is 4.98 Å². The SMILES string of the molecule is [2H]c1cc([2H])c2c(c1[2H])c1c([2H])c([2H])c3c4c([2H])c([2H])cc([2H])c4n(-c4nc(-c5ccccc5)nc(-c5ccc(-c6ccccc6)cc5)n4)c3c1n2-c1cccc(-c2ccccc2)c1. The van der Waals surface area contributed by atoms with Crippen LogP contribution in [0.5, 0.6) is 0 Å². The molecule has 0 bridgehead atoms. The molecule has 5 heteroatoms. The summed E-state index contributed by atoms with van der Waals surface area (Å²) in [6.07, 6.45) is 0. The molecule has 0 fully saturated rings. The molecule has 8 aromatic carbocycles. The number of hydrogen-bond acceptors (Lipinski definition) is 3. The average molecular weight is 724 g/mol. The maximum Gasteiger partial charge on any atom is 0.238 e. The van der Waals surface area contributed by atoms with Gasteiger partial charge in [0.25, 0.3) is 0 Å². The summed E-state index contributed by atoms with van der Waals surface area (Å²) in [4.78, 5) is 15.2. The zero-order chi connectivity index (χ0) is 44.0. The Kier molecular flexibility index (Phi) is 5.74. The lowest BCUT2D eigenvalue weighted by molar-refractivity contribution is 0.953. The van der Waals surface area contributed by atoms with Crippen LogP contribution in [0.2, 0.25) is 0 Å². The zero-order valence-corrected chi connectivity index (χ0v) is 29.7. The number of hydrogen-bond donors (Lipinski definition) is 0. The molecular formula is C51H33N5. The normalized spacial score (nSPS) is 13.6. The van der Waals surface area contributed by atoms with Gasteiger partial charge in [-0.2, -0.15) is 9.97 Å². The molecule has 0 amide bonds. The highest BCUT2D eigenvalue weighted by Crippen LogP contribution is 2.42. The highest BCUT2D eigenvalue weighted by atomic mass is 15.2. The van der Waals surface area contributed by atoms with E-state index in [4.69, 9.17) is 17.7 Å². The van der Waals surface area contributed by atoms with E-state index >= 15 is 0 Å². The van der Waals surface area contributed by atoms with Gasteiger partial charge in [-0.05, 0) is 46.5 Å². The van der Waals surface area contributed by atoms with Crippen molar-refractivity contribution in [2.75, 3.05) is 0 Å². The summed E-state index contributed by atoms with van der Waals surface area (Å²) in [5.74, 6) is 0.673. The molecular weight excluding hydrogens is 683 g/mol. The lowest BCUT2D eigenvalue weighted by Gasteiger charge is -2.14. The molecule has 0 aliphatic rings. The van der Waals surface area contributed by atoms with Gasteiger partial charge in [-0.1, -0.05) is 176 Å². The maximum absolute atomic E-state index is 9.70. The molecule has 262 valence electrons. The second-order valence-corrected chi connectivity index (χ2v) is 13.4. The Morgan fingerprint density at radius 2 is 0.821 bits per heavy atom. The molecule has 11 rings (SSSR count). The third kappa shape index (κ3) is 5.21. The molecule has 5 nitrogen and oxygen atoms in total. The fourth-order valence-corrected chi connectivity index (χ4v) is 7.57. The molecule has 3 heterocycles. The second kappa shape index (κ2) is 13.0. The number of nitrogens with zero attached hydrogens (tertiary/aromatic N) is 5. The number of benzene rings is 8. The van der Waals surface area contributed by atoms with Gasteiger partial charge in [-0.3, -0.25) is 4.57 Å². The largest absolute Gasteiger partial charge is 0.307 e. The summed E-state index contributed by atoms with van der Waals surface area (Å²) in [7, 11) is 0. The van der Waals surface area contributed by atoms with Gasteiger partial charge in [0.2, 0.25) is 5.95 Å². The van der Waals surface area contributed by atoms with Crippen molar-refractivity contribution in [3.05, 3.63) is 200 Å². The third-order valence-corrected chi connectivity index (χ3v) is 10.2. The van der Waals surface area contributed by atoms with Gasteiger partial charge in [-0.15, -0.1) is 0 Å². The van der Waals surface area contributed by atoms with Crippen LogP contribution in [0.25, 0.3) is 100 Å². The molecule has 0 unspecified atom stereocenters. The predicted molar refractivity (Wildman–Crippen MR) is 230 cm³/mol. The first-order valence-corrected chi connectivity index (χ1v) is 18.2. The van der Waals surface area contributed by atoms with E-state index in [-0.39, 0.29) is 92.4 Å². The second-order valence-electron chi connectivity index (χ2n) is 13.4. The van der Waals surface area contributed by atoms with Gasteiger partial charge >= 0.3 is 0 Å². The van der Waals surface area contributed by atoms with E-state index in [1.165, 1.54) is 12.1 Å². The van der Waals surface area contributed by atoms with E-state index in [1.807, 2.05) is 140 Å². The van der Waals surface area contributed by atoms with Crippen molar-refractivity contribution in [1.29, 1.82) is 0 Å². The monoisotopic (exact) mass is 723 g/mol. The molecule has 3 aromatic heterocycles. The van der Waals surface area contributed by atoms with Gasteiger partial charge < -0.3 is 4.57 Å². The summed E-state index contributed by atoms with van der Waals surface area (Å²) in [5.41, 5.74) is 6.67. The Morgan fingerprint density at radius 1 is 0.357 bits per heavy atom. The summed E-state index contributed by atoms with van der Waals surface area (Å²) in [6.45, 7) is 0. The van der Waals surface area contributed by atoms with Crippen LogP contribution >= 0.6 is 0 Å². The van der Waals surface area contributed by atoms with E-state index in [1.54, 1.807) is 9.13 Å². The molecule has 0 radical (unpaired) electrons. The summed E-state index contributed by atoms with van der Waals surface area (Å²) in [6, 6.07) is 45.6. The Balaban J connectivity index is 1.33. The number of para-hydroxylation sites is 2. The smallest absolute Gasteiger partial charge is 0.238 e. The van der Waals surface area contributed by atoms with E-state index in [0.717, 1.165) is 22.3 Å². The molecule has 0 saturated heterocycles. The van der Waals surface area contributed by atoms with Crippen LogP contribution in [0.1, 0.15) is 11.0 Å². The maximum atomic E-state index is 9.70. The van der Waals surface area contributed by atoms with Crippen LogP contribution in [0, 0.1) is 0 Å². The van der Waals surface area contributed by atoms with Gasteiger partial charge in [0.15, 0.2) is 11.6 Å². The number of rotatable bonds is 6. The molecule has 0 aliphatic heterocycles. The zero-order valence-electron chi connectivity index (χ0n) is 37.7. The quantitative estimate of drug-likeness (QED) is 0.172. The molecule has 0 spiro atoms. The third-order valence-electron chi connectivity index (χ3n) is 10.2. The van der Waals surface area contributed by atoms with Crippen molar-refractivity contribution in [3.63, 3.8) is 0 Å². The van der Waals surface area contributed by atoms with E-state index in [0.29, 0.717) is 34.0 Å². The first kappa shape index (κ1) is 24.6. The molecule has 56 heavy (non-hydrogen) atoms. The molecule has 0 N–H and O–H groups in total. The minimum atomic E-state index is -0.308. The van der Waals surface area contributed by atoms with Crippen LogP contribution in [0.4, 0.5) is 0 Å². The molecule has 0 saturated carbocycles. The minimum absolute atomic E-state index is 0.0493. The van der Waals surface area contributed by atoms with Crippen LogP contribution in [0.15, 0.2) is 200 Å². The van der Waals surface area contributed by atoms with E-state index in [2.05, 4.69) is 0 Å². The Bertz CT molecular complexity index is 3690. The summed E-state index contributed by atoms with van der Waals surface area (Å²) >= 11 is 0. The first-order valence-electron chi connectivity index (χ1n) is 22.2. The van der Waals surface area contributed by atoms with Crippen LogP contribution < -0.4 is 0 Å².